The Balaban J connectivity index is 0.000000246. The smallest absolute Gasteiger partial charge is 0.159 e. The minimum absolute atomic E-state index is 0. The molecule has 0 unspecified atom stereocenters. The van der Waals surface area contributed by atoms with E-state index < -0.39 is 0 Å². The molecule has 0 N–H and O–H groups in total. The Labute approximate surface area is 300 Å². The summed E-state index contributed by atoms with van der Waals surface area (Å²) in [6.07, 6.45) is 3.70. The molecule has 8 aromatic rings. The standard InChI is InChI=1S/C34H24NO.C11H8N.Ir/c1-20(36)22-10-11-27-29-13-12-25-26-16-17-35-33(24-9-8-21-6-4-5-7-23(21)18-24)30(26)15-14-28(25)32(29)34(2,3)31(27)19-22;1-2-6-10(7-3-1)11-8-4-5-9-12-11;/h4-8,10-19H,1-3H3;1-6,8-9H;/q2*-1;. The van der Waals surface area contributed by atoms with Gasteiger partial charge in [0.2, 0.25) is 0 Å². The number of fused-ring (bicyclic) bond motifs is 8. The van der Waals surface area contributed by atoms with Crippen molar-refractivity contribution in [3.8, 4) is 33.6 Å². The summed E-state index contributed by atoms with van der Waals surface area (Å²) < 4.78 is 0. The van der Waals surface area contributed by atoms with Gasteiger partial charge in [-0.2, -0.15) is 0 Å². The zero-order chi connectivity index (χ0) is 32.8. The third-order valence-corrected chi connectivity index (χ3v) is 9.54. The number of Topliss-reactive ketones (excluding diaryl/α,β-unsaturated/α-hetero) is 1. The van der Waals surface area contributed by atoms with Crippen LogP contribution in [-0.2, 0) is 25.5 Å². The van der Waals surface area contributed by atoms with Crippen molar-refractivity contribution in [1.29, 1.82) is 0 Å². The van der Waals surface area contributed by atoms with Crippen LogP contribution in [0.3, 0.4) is 0 Å². The second kappa shape index (κ2) is 13.0. The maximum Gasteiger partial charge on any atom is 0.159 e. The molecular weight excluding hydrogens is 777 g/mol. The van der Waals surface area contributed by atoms with E-state index in [0.717, 1.165) is 33.5 Å². The summed E-state index contributed by atoms with van der Waals surface area (Å²) in [5, 5.41) is 7.17. The second-order valence-corrected chi connectivity index (χ2v) is 12.8. The van der Waals surface area contributed by atoms with Crippen LogP contribution in [-0.4, -0.2) is 15.8 Å². The van der Waals surface area contributed by atoms with Crippen molar-refractivity contribution in [3.63, 3.8) is 0 Å². The van der Waals surface area contributed by atoms with Gasteiger partial charge in [0, 0.05) is 43.5 Å². The zero-order valence-electron chi connectivity index (χ0n) is 27.4. The maximum absolute atomic E-state index is 12.1. The van der Waals surface area contributed by atoms with E-state index in [1.807, 2.05) is 60.8 Å². The third kappa shape index (κ3) is 5.68. The van der Waals surface area contributed by atoms with Gasteiger partial charge in [0.25, 0.3) is 0 Å². The average Bonchev–Trinajstić information content (AvgIpc) is 3.37. The molecule has 1 aliphatic rings. The average molecular weight is 809 g/mol. The largest absolute Gasteiger partial charge is 0.305 e. The van der Waals surface area contributed by atoms with Crippen molar-refractivity contribution < 1.29 is 24.9 Å². The molecule has 6 aromatic carbocycles. The Morgan fingerprint density at radius 2 is 1.37 bits per heavy atom. The number of pyridine rings is 2. The number of ketones is 1. The summed E-state index contributed by atoms with van der Waals surface area (Å²) in [5.74, 6) is 0.103. The van der Waals surface area contributed by atoms with Crippen LogP contribution in [0.4, 0.5) is 0 Å². The molecule has 1 aliphatic carbocycles. The van der Waals surface area contributed by atoms with E-state index in [-0.39, 0.29) is 31.3 Å². The molecule has 239 valence electrons. The first-order valence-corrected chi connectivity index (χ1v) is 16.2. The van der Waals surface area contributed by atoms with Crippen LogP contribution in [0.2, 0.25) is 0 Å². The quantitative estimate of drug-likeness (QED) is 0.101. The molecule has 3 nitrogen and oxygen atoms in total. The summed E-state index contributed by atoms with van der Waals surface area (Å²) in [5.41, 5.74) is 9.57. The predicted molar refractivity (Wildman–Crippen MR) is 197 cm³/mol. The fourth-order valence-corrected chi connectivity index (χ4v) is 7.17. The van der Waals surface area contributed by atoms with Crippen molar-refractivity contribution in [2.24, 2.45) is 0 Å². The molecule has 0 amide bonds. The van der Waals surface area contributed by atoms with Gasteiger partial charge in [-0.15, -0.1) is 65.0 Å². The van der Waals surface area contributed by atoms with Gasteiger partial charge in [-0.1, -0.05) is 92.0 Å². The van der Waals surface area contributed by atoms with Crippen LogP contribution in [0.15, 0.2) is 140 Å². The van der Waals surface area contributed by atoms with Crippen molar-refractivity contribution in [1.82, 2.24) is 9.97 Å². The number of nitrogens with zero attached hydrogens (tertiary/aromatic N) is 2. The normalized spacial score (nSPS) is 12.5. The molecule has 0 bridgehead atoms. The van der Waals surface area contributed by atoms with Crippen LogP contribution < -0.4 is 0 Å². The van der Waals surface area contributed by atoms with Gasteiger partial charge in [-0.05, 0) is 80.3 Å². The molecule has 0 atom stereocenters. The first kappa shape index (κ1) is 32.3. The minimum atomic E-state index is -0.203. The van der Waals surface area contributed by atoms with Crippen LogP contribution in [0.5, 0.6) is 0 Å². The van der Waals surface area contributed by atoms with Crippen molar-refractivity contribution in [2.45, 2.75) is 26.2 Å². The Morgan fingerprint density at radius 1 is 0.633 bits per heavy atom. The molecule has 2 heterocycles. The van der Waals surface area contributed by atoms with Crippen LogP contribution >= 0.6 is 0 Å². The number of hydrogen-bond donors (Lipinski definition) is 0. The van der Waals surface area contributed by atoms with Crippen LogP contribution in [0, 0.1) is 12.1 Å². The number of rotatable bonds is 3. The topological polar surface area (TPSA) is 42.9 Å². The SMILES string of the molecule is CC(=O)c1ccc2c(c1)C(C)(C)c1c-2ccc2c1ccc1c(-c3[c-]cc4ccccc4c3)nccc12.[Ir].[c-]1ccccc1-c1ccccn1. The number of aromatic nitrogens is 2. The summed E-state index contributed by atoms with van der Waals surface area (Å²) in [6.45, 7) is 6.18. The first-order chi connectivity index (χ1) is 23.4. The molecule has 2 aromatic heterocycles. The Morgan fingerprint density at radius 3 is 2.14 bits per heavy atom. The second-order valence-electron chi connectivity index (χ2n) is 12.8. The van der Waals surface area contributed by atoms with Gasteiger partial charge in [-0.3, -0.25) is 4.79 Å². The molecule has 1 radical (unpaired) electrons. The fourth-order valence-electron chi connectivity index (χ4n) is 7.17. The van der Waals surface area contributed by atoms with E-state index >= 15 is 0 Å². The van der Waals surface area contributed by atoms with Crippen molar-refractivity contribution >= 4 is 38.1 Å². The molecule has 0 spiro atoms. The van der Waals surface area contributed by atoms with E-state index in [4.69, 9.17) is 4.98 Å². The monoisotopic (exact) mass is 809 g/mol. The van der Waals surface area contributed by atoms with Gasteiger partial charge in [0.1, 0.15) is 0 Å². The number of carbonyl (C=O) groups excluding carboxylic acids is 1. The molecule has 0 aliphatic heterocycles. The molecule has 49 heavy (non-hydrogen) atoms. The molecule has 0 saturated heterocycles. The van der Waals surface area contributed by atoms with Gasteiger partial charge < -0.3 is 9.97 Å². The molecule has 9 rings (SSSR count). The van der Waals surface area contributed by atoms with Crippen LogP contribution in [0.25, 0.3) is 66.0 Å². The van der Waals surface area contributed by atoms with Crippen molar-refractivity contribution in [3.05, 3.63) is 169 Å². The Kier molecular flexibility index (Phi) is 8.54. The zero-order valence-corrected chi connectivity index (χ0v) is 29.8. The minimum Gasteiger partial charge on any atom is -0.305 e. The van der Waals surface area contributed by atoms with E-state index in [9.17, 15) is 4.79 Å². The predicted octanol–water partition coefficient (Wildman–Crippen LogP) is 11.1. The summed E-state index contributed by atoms with van der Waals surface area (Å²) in [7, 11) is 0. The number of hydrogen-bond acceptors (Lipinski definition) is 3. The third-order valence-electron chi connectivity index (χ3n) is 9.54. The summed E-state index contributed by atoms with van der Waals surface area (Å²) >= 11 is 0. The van der Waals surface area contributed by atoms with E-state index in [0.29, 0.717) is 0 Å². The van der Waals surface area contributed by atoms with Gasteiger partial charge >= 0.3 is 0 Å². The van der Waals surface area contributed by atoms with Crippen molar-refractivity contribution in [2.75, 3.05) is 0 Å². The fraction of sp³-hybridized carbons (Fsp3) is 0.0889. The number of carbonyl (C=O) groups is 1. The number of benzene rings is 6. The molecule has 4 heteroatoms. The van der Waals surface area contributed by atoms with E-state index in [2.05, 4.69) is 104 Å². The first-order valence-electron chi connectivity index (χ1n) is 16.2. The summed E-state index contributed by atoms with van der Waals surface area (Å²) in [4.78, 5) is 21.1. The van der Waals surface area contributed by atoms with Gasteiger partial charge in [0.05, 0.1) is 0 Å². The molecular formula is C45H32IrN2O-2. The van der Waals surface area contributed by atoms with Gasteiger partial charge in [0.15, 0.2) is 5.78 Å². The van der Waals surface area contributed by atoms with Gasteiger partial charge in [-0.25, -0.2) is 0 Å². The van der Waals surface area contributed by atoms with Crippen LogP contribution in [0.1, 0.15) is 42.3 Å². The molecule has 0 saturated carbocycles. The molecule has 0 fully saturated rings. The Bertz CT molecular complexity index is 2470. The Hall–Kier alpha value is -5.28. The maximum atomic E-state index is 12.1. The van der Waals surface area contributed by atoms with E-state index in [1.165, 1.54) is 49.2 Å². The summed E-state index contributed by atoms with van der Waals surface area (Å²) in [6, 6.07) is 50.1. The van der Waals surface area contributed by atoms with E-state index in [1.54, 1.807) is 13.1 Å².